The topological polar surface area (TPSA) is 45.2 Å². The highest BCUT2D eigenvalue weighted by Gasteiger charge is 2.20. The summed E-state index contributed by atoms with van der Waals surface area (Å²) in [5.41, 5.74) is 0.493. The molecule has 0 saturated heterocycles. The van der Waals surface area contributed by atoms with Gasteiger partial charge in [-0.3, -0.25) is 4.79 Å². The molecule has 0 aromatic carbocycles. The molecule has 0 bridgehead atoms. The van der Waals surface area contributed by atoms with E-state index in [0.717, 1.165) is 11.4 Å². The molecule has 2 rings (SSSR count). The van der Waals surface area contributed by atoms with Gasteiger partial charge >= 0.3 is 0 Å². The van der Waals surface area contributed by atoms with Gasteiger partial charge in [0.05, 0.1) is 16.6 Å². The second-order valence-corrected chi connectivity index (χ2v) is 6.08. The van der Waals surface area contributed by atoms with Crippen LogP contribution in [0.15, 0.2) is 29.8 Å². The van der Waals surface area contributed by atoms with Crippen molar-refractivity contribution >= 4 is 34.7 Å². The molecule has 0 saturated carbocycles. The second kappa shape index (κ2) is 6.91. The van der Waals surface area contributed by atoms with Gasteiger partial charge in [0.25, 0.3) is 5.91 Å². The maximum Gasteiger partial charge on any atom is 0.255 e. The van der Waals surface area contributed by atoms with E-state index in [2.05, 4.69) is 10.3 Å². The predicted octanol–water partition coefficient (Wildman–Crippen LogP) is 4.06. The lowest BCUT2D eigenvalue weighted by Crippen LogP contribution is -2.29. The fourth-order valence-corrected chi connectivity index (χ4v) is 3.01. The molecule has 2 aromatic heterocycles. The number of hydrogen-bond acceptors (Lipinski definition) is 4. The Morgan fingerprint density at radius 1 is 1.57 bits per heavy atom. The molecule has 112 valence electrons. The van der Waals surface area contributed by atoms with Gasteiger partial charge < -0.3 is 10.2 Å². The molecule has 0 aliphatic heterocycles. The summed E-state index contributed by atoms with van der Waals surface area (Å²) in [5.74, 6) is 0.512. The molecule has 0 spiro atoms. The molecular weight excluding hydrogens is 306 g/mol. The Morgan fingerprint density at radius 2 is 2.33 bits per heavy atom. The quantitative estimate of drug-likeness (QED) is 0.902. The number of nitrogens with one attached hydrogen (secondary N) is 1. The van der Waals surface area contributed by atoms with E-state index in [1.807, 2.05) is 31.4 Å². The van der Waals surface area contributed by atoms with Crippen LogP contribution in [0, 0.1) is 0 Å². The normalized spacial score (nSPS) is 12.0. The second-order valence-electron chi connectivity index (χ2n) is 4.69. The Bertz CT molecular complexity index is 615. The summed E-state index contributed by atoms with van der Waals surface area (Å²) in [6.07, 6.45) is 1.56. The van der Waals surface area contributed by atoms with Crippen molar-refractivity contribution in [3.8, 4) is 0 Å². The molecule has 0 aliphatic rings. The van der Waals surface area contributed by atoms with Crippen molar-refractivity contribution < 1.29 is 4.79 Å². The summed E-state index contributed by atoms with van der Waals surface area (Å²) < 4.78 is 0. The lowest BCUT2D eigenvalue weighted by atomic mass is 10.2. The number of pyridine rings is 1. The number of rotatable bonds is 5. The van der Waals surface area contributed by atoms with E-state index in [9.17, 15) is 4.79 Å². The average Bonchev–Trinajstić information content (AvgIpc) is 3.01. The summed E-state index contributed by atoms with van der Waals surface area (Å²) in [6, 6.07) is 5.69. The number of halogens is 1. The molecule has 2 heterocycles. The minimum Gasteiger partial charge on any atom is -0.369 e. The maximum atomic E-state index is 12.5. The number of nitrogens with zero attached hydrogens (tertiary/aromatic N) is 2. The molecule has 0 radical (unpaired) electrons. The van der Waals surface area contributed by atoms with Crippen LogP contribution in [-0.4, -0.2) is 29.4 Å². The van der Waals surface area contributed by atoms with E-state index in [1.165, 1.54) is 0 Å². The van der Waals surface area contributed by atoms with Crippen LogP contribution >= 0.6 is 22.9 Å². The van der Waals surface area contributed by atoms with Gasteiger partial charge in [0.2, 0.25) is 0 Å². The molecule has 2 aromatic rings. The van der Waals surface area contributed by atoms with Gasteiger partial charge in [0.15, 0.2) is 0 Å². The monoisotopic (exact) mass is 323 g/mol. The first-order valence-corrected chi connectivity index (χ1v) is 8.00. The average molecular weight is 324 g/mol. The zero-order valence-electron chi connectivity index (χ0n) is 12.3. The van der Waals surface area contributed by atoms with Crippen LogP contribution < -0.4 is 5.32 Å². The number of anilines is 1. The highest BCUT2D eigenvalue weighted by molar-refractivity contribution is 7.10. The number of aromatic nitrogens is 1. The molecule has 1 atom stereocenters. The van der Waals surface area contributed by atoms with Crippen molar-refractivity contribution in [1.82, 2.24) is 9.88 Å². The number of amides is 1. The van der Waals surface area contributed by atoms with Crippen LogP contribution in [0.1, 0.15) is 35.1 Å². The Morgan fingerprint density at radius 3 is 2.90 bits per heavy atom. The predicted molar refractivity (Wildman–Crippen MR) is 88.2 cm³/mol. The number of carbonyl (C=O) groups excluding carboxylic acids is 1. The summed E-state index contributed by atoms with van der Waals surface area (Å²) in [4.78, 5) is 19.6. The fraction of sp³-hybridized carbons (Fsp3) is 0.333. The molecule has 4 nitrogen and oxygen atoms in total. The summed E-state index contributed by atoms with van der Waals surface area (Å²) in [6.45, 7) is 4.70. The third-order valence-corrected chi connectivity index (χ3v) is 4.62. The van der Waals surface area contributed by atoms with Crippen molar-refractivity contribution in [1.29, 1.82) is 0 Å². The molecule has 0 fully saturated rings. The van der Waals surface area contributed by atoms with Gasteiger partial charge in [-0.2, -0.15) is 0 Å². The van der Waals surface area contributed by atoms with Crippen LogP contribution in [0.25, 0.3) is 0 Å². The first-order chi connectivity index (χ1) is 10.0. The van der Waals surface area contributed by atoms with Gasteiger partial charge in [-0.1, -0.05) is 17.7 Å². The zero-order chi connectivity index (χ0) is 15.4. The number of thiophene rings is 1. The maximum absolute atomic E-state index is 12.5. The Labute approximate surface area is 133 Å². The largest absolute Gasteiger partial charge is 0.369 e. The van der Waals surface area contributed by atoms with Crippen LogP contribution in [0.3, 0.4) is 0 Å². The van der Waals surface area contributed by atoms with E-state index in [0.29, 0.717) is 16.4 Å². The number of carbonyl (C=O) groups is 1. The van der Waals surface area contributed by atoms with Gasteiger partial charge in [-0.25, -0.2) is 4.98 Å². The lowest BCUT2D eigenvalue weighted by molar-refractivity contribution is 0.0744. The standard InChI is InChI=1S/C15H18ClN3OS/c1-4-17-14-12(16)8-11(9-18-14)15(20)19(3)10(2)13-6-5-7-21-13/h5-10H,4H2,1-3H3,(H,17,18). The van der Waals surface area contributed by atoms with Crippen LogP contribution in [0.5, 0.6) is 0 Å². The van der Waals surface area contributed by atoms with E-state index >= 15 is 0 Å². The van der Waals surface area contributed by atoms with E-state index in [4.69, 9.17) is 11.6 Å². The van der Waals surface area contributed by atoms with Crippen molar-refractivity contribution in [3.63, 3.8) is 0 Å². The first kappa shape index (κ1) is 15.8. The molecular formula is C15H18ClN3OS. The van der Waals surface area contributed by atoms with E-state index < -0.39 is 0 Å². The molecule has 21 heavy (non-hydrogen) atoms. The molecule has 6 heteroatoms. The van der Waals surface area contributed by atoms with Crippen LogP contribution in [0.2, 0.25) is 5.02 Å². The summed E-state index contributed by atoms with van der Waals surface area (Å²) in [7, 11) is 1.79. The lowest BCUT2D eigenvalue weighted by Gasteiger charge is -2.24. The number of hydrogen-bond donors (Lipinski definition) is 1. The Kier molecular flexibility index (Phi) is 5.20. The molecule has 1 N–H and O–H groups in total. The SMILES string of the molecule is CCNc1ncc(C(=O)N(C)C(C)c2cccs2)cc1Cl. The minimum absolute atomic E-state index is 0.0183. The van der Waals surface area contributed by atoms with Crippen molar-refractivity contribution in [2.75, 3.05) is 18.9 Å². The Hall–Kier alpha value is -1.59. The molecule has 1 amide bonds. The van der Waals surface area contributed by atoms with E-state index in [1.54, 1.807) is 35.5 Å². The summed E-state index contributed by atoms with van der Waals surface area (Å²) >= 11 is 7.78. The fourth-order valence-electron chi connectivity index (χ4n) is 1.95. The summed E-state index contributed by atoms with van der Waals surface area (Å²) in [5, 5.41) is 5.52. The van der Waals surface area contributed by atoms with Gasteiger partial charge in [0.1, 0.15) is 5.82 Å². The first-order valence-electron chi connectivity index (χ1n) is 6.74. The highest BCUT2D eigenvalue weighted by atomic mass is 35.5. The van der Waals surface area contributed by atoms with Gasteiger partial charge in [-0.15, -0.1) is 11.3 Å². The third kappa shape index (κ3) is 3.54. The van der Waals surface area contributed by atoms with Crippen LogP contribution in [0.4, 0.5) is 5.82 Å². The molecule has 0 aliphatic carbocycles. The third-order valence-electron chi connectivity index (χ3n) is 3.29. The van der Waals surface area contributed by atoms with Gasteiger partial charge in [0, 0.05) is 24.7 Å². The molecule has 1 unspecified atom stereocenters. The van der Waals surface area contributed by atoms with Crippen molar-refractivity contribution in [3.05, 3.63) is 45.2 Å². The minimum atomic E-state index is -0.0895. The highest BCUT2D eigenvalue weighted by Crippen LogP contribution is 2.26. The van der Waals surface area contributed by atoms with E-state index in [-0.39, 0.29) is 11.9 Å². The smallest absolute Gasteiger partial charge is 0.255 e. The van der Waals surface area contributed by atoms with Crippen molar-refractivity contribution in [2.45, 2.75) is 19.9 Å². The zero-order valence-corrected chi connectivity index (χ0v) is 13.8. The van der Waals surface area contributed by atoms with Crippen molar-refractivity contribution in [2.24, 2.45) is 0 Å². The van der Waals surface area contributed by atoms with Gasteiger partial charge in [-0.05, 0) is 31.4 Å². The van der Waals surface area contributed by atoms with Crippen LogP contribution in [-0.2, 0) is 0 Å². The Balaban J connectivity index is 2.17.